The van der Waals surface area contributed by atoms with Crippen LogP contribution in [0.15, 0.2) is 48.5 Å². The molecule has 0 bridgehead atoms. The van der Waals surface area contributed by atoms with Crippen molar-refractivity contribution in [3.8, 4) is 17.2 Å². The van der Waals surface area contributed by atoms with Crippen LogP contribution in [-0.2, 0) is 5.41 Å². The van der Waals surface area contributed by atoms with E-state index in [-0.39, 0.29) is 5.41 Å². The second-order valence-electron chi connectivity index (χ2n) is 5.72. The molecule has 2 rings (SSSR count). The van der Waals surface area contributed by atoms with Crippen LogP contribution >= 0.6 is 0 Å². The van der Waals surface area contributed by atoms with Crippen LogP contribution in [0.25, 0.3) is 0 Å². The van der Waals surface area contributed by atoms with Gasteiger partial charge in [-0.3, -0.25) is 0 Å². The van der Waals surface area contributed by atoms with Gasteiger partial charge in [-0.2, -0.15) is 0 Å². The minimum absolute atomic E-state index is 0.128. The van der Waals surface area contributed by atoms with Crippen molar-refractivity contribution in [1.29, 1.82) is 0 Å². The monoisotopic (exact) mass is 315 g/mol. The van der Waals surface area contributed by atoms with Gasteiger partial charge < -0.3 is 19.9 Å². The van der Waals surface area contributed by atoms with Crippen LogP contribution < -0.4 is 19.9 Å². The maximum absolute atomic E-state index is 6.03. The first kappa shape index (κ1) is 17.2. The maximum Gasteiger partial charge on any atom is 0.203 e. The molecule has 23 heavy (non-hydrogen) atoms. The Morgan fingerprint density at radius 1 is 0.913 bits per heavy atom. The molecular formula is C19H25NO3. The number of rotatable bonds is 8. The molecule has 0 aromatic heterocycles. The normalized spacial score (nSPS) is 13.2. The van der Waals surface area contributed by atoms with Crippen LogP contribution in [0.2, 0.25) is 0 Å². The molecule has 0 heterocycles. The Balaban J connectivity index is 2.10. The SMILES string of the molecule is COc1cccc(OC)c1OCCC(C)(CN)c1ccccc1. The van der Waals surface area contributed by atoms with Crippen LogP contribution in [-0.4, -0.2) is 27.4 Å². The number of methoxy groups -OCH3 is 2. The summed E-state index contributed by atoms with van der Waals surface area (Å²) in [5, 5.41) is 0. The van der Waals surface area contributed by atoms with E-state index < -0.39 is 0 Å². The van der Waals surface area contributed by atoms with Gasteiger partial charge >= 0.3 is 0 Å². The zero-order valence-corrected chi connectivity index (χ0v) is 14.0. The molecule has 2 aromatic rings. The van der Waals surface area contributed by atoms with Gasteiger partial charge in [0.05, 0.1) is 20.8 Å². The summed E-state index contributed by atoms with van der Waals surface area (Å²) in [6.45, 7) is 3.24. The van der Waals surface area contributed by atoms with Crippen molar-refractivity contribution in [2.75, 3.05) is 27.4 Å². The first-order chi connectivity index (χ1) is 11.1. The van der Waals surface area contributed by atoms with Gasteiger partial charge in [-0.1, -0.05) is 43.3 Å². The molecule has 0 aliphatic heterocycles. The van der Waals surface area contributed by atoms with Gasteiger partial charge in [0.2, 0.25) is 5.75 Å². The highest BCUT2D eigenvalue weighted by Crippen LogP contribution is 2.37. The Kier molecular flexibility index (Phi) is 5.88. The zero-order valence-electron chi connectivity index (χ0n) is 14.0. The van der Waals surface area contributed by atoms with Crippen LogP contribution in [0, 0.1) is 0 Å². The zero-order chi connectivity index (χ0) is 16.7. The van der Waals surface area contributed by atoms with Gasteiger partial charge in [0.15, 0.2) is 11.5 Å². The standard InChI is InChI=1S/C19H25NO3/c1-19(14-20,15-8-5-4-6-9-15)12-13-23-18-16(21-2)10-7-11-17(18)22-3/h4-11H,12-14,20H2,1-3H3. The molecule has 2 aromatic carbocycles. The molecule has 0 aliphatic rings. The fourth-order valence-electron chi connectivity index (χ4n) is 2.54. The van der Waals surface area contributed by atoms with E-state index in [1.54, 1.807) is 14.2 Å². The first-order valence-corrected chi connectivity index (χ1v) is 7.74. The van der Waals surface area contributed by atoms with Crippen molar-refractivity contribution in [2.45, 2.75) is 18.8 Å². The third-order valence-corrected chi connectivity index (χ3v) is 4.20. The molecule has 0 fully saturated rings. The predicted octanol–water partition coefficient (Wildman–Crippen LogP) is 3.39. The topological polar surface area (TPSA) is 53.7 Å². The molecule has 124 valence electrons. The number of nitrogens with two attached hydrogens (primary N) is 1. The minimum atomic E-state index is -0.128. The van der Waals surface area contributed by atoms with E-state index in [1.165, 1.54) is 5.56 Å². The second-order valence-corrected chi connectivity index (χ2v) is 5.72. The summed E-state index contributed by atoms with van der Waals surface area (Å²) in [5.41, 5.74) is 7.12. The van der Waals surface area contributed by atoms with Gasteiger partial charge in [0, 0.05) is 12.0 Å². The van der Waals surface area contributed by atoms with Gasteiger partial charge in [0.1, 0.15) is 0 Å². The van der Waals surface area contributed by atoms with E-state index in [9.17, 15) is 0 Å². The van der Waals surface area contributed by atoms with E-state index in [0.29, 0.717) is 30.4 Å². The Labute approximate surface area is 138 Å². The van der Waals surface area contributed by atoms with Crippen LogP contribution in [0.3, 0.4) is 0 Å². The average Bonchev–Trinajstić information content (AvgIpc) is 2.62. The number of para-hydroxylation sites is 1. The van der Waals surface area contributed by atoms with Crippen LogP contribution in [0.1, 0.15) is 18.9 Å². The molecule has 0 radical (unpaired) electrons. The van der Waals surface area contributed by atoms with Crippen molar-refractivity contribution in [1.82, 2.24) is 0 Å². The minimum Gasteiger partial charge on any atom is -0.493 e. The molecule has 0 aliphatic carbocycles. The lowest BCUT2D eigenvalue weighted by Gasteiger charge is -2.29. The summed E-state index contributed by atoms with van der Waals surface area (Å²) >= 11 is 0. The predicted molar refractivity (Wildman–Crippen MR) is 92.5 cm³/mol. The van der Waals surface area contributed by atoms with E-state index >= 15 is 0 Å². The highest BCUT2D eigenvalue weighted by molar-refractivity contribution is 5.51. The van der Waals surface area contributed by atoms with Gasteiger partial charge in [-0.15, -0.1) is 0 Å². The Bertz CT molecular complexity index is 593. The summed E-state index contributed by atoms with van der Waals surface area (Å²) in [5.74, 6) is 1.96. The lowest BCUT2D eigenvalue weighted by molar-refractivity contribution is 0.243. The number of hydrogen-bond donors (Lipinski definition) is 1. The summed E-state index contributed by atoms with van der Waals surface area (Å²) in [6.07, 6.45) is 0.800. The van der Waals surface area contributed by atoms with Crippen molar-refractivity contribution < 1.29 is 14.2 Å². The fraction of sp³-hybridized carbons (Fsp3) is 0.368. The third kappa shape index (κ3) is 3.96. The molecule has 0 saturated carbocycles. The second kappa shape index (κ2) is 7.88. The quantitative estimate of drug-likeness (QED) is 0.811. The average molecular weight is 315 g/mol. The first-order valence-electron chi connectivity index (χ1n) is 7.74. The molecule has 2 N–H and O–H groups in total. The van der Waals surface area contributed by atoms with Crippen molar-refractivity contribution in [3.63, 3.8) is 0 Å². The molecule has 0 spiro atoms. The third-order valence-electron chi connectivity index (χ3n) is 4.20. The number of benzene rings is 2. The molecule has 1 unspecified atom stereocenters. The highest BCUT2D eigenvalue weighted by Gasteiger charge is 2.25. The Morgan fingerprint density at radius 2 is 1.52 bits per heavy atom. The van der Waals surface area contributed by atoms with E-state index in [4.69, 9.17) is 19.9 Å². The van der Waals surface area contributed by atoms with E-state index in [0.717, 1.165) is 6.42 Å². The van der Waals surface area contributed by atoms with Crippen molar-refractivity contribution in [3.05, 3.63) is 54.1 Å². The molecule has 4 heteroatoms. The lowest BCUT2D eigenvalue weighted by Crippen LogP contribution is -2.33. The molecule has 0 amide bonds. The smallest absolute Gasteiger partial charge is 0.203 e. The summed E-state index contributed by atoms with van der Waals surface area (Å²) in [4.78, 5) is 0. The number of ether oxygens (including phenoxy) is 3. The molecule has 1 atom stereocenters. The summed E-state index contributed by atoms with van der Waals surface area (Å²) < 4.78 is 16.7. The van der Waals surface area contributed by atoms with Crippen LogP contribution in [0.5, 0.6) is 17.2 Å². The van der Waals surface area contributed by atoms with Gasteiger partial charge in [-0.25, -0.2) is 0 Å². The Morgan fingerprint density at radius 3 is 2.04 bits per heavy atom. The maximum atomic E-state index is 6.03. The molecular weight excluding hydrogens is 290 g/mol. The van der Waals surface area contributed by atoms with Crippen LogP contribution in [0.4, 0.5) is 0 Å². The number of hydrogen-bond acceptors (Lipinski definition) is 4. The van der Waals surface area contributed by atoms with Gasteiger partial charge in [0.25, 0.3) is 0 Å². The molecule has 4 nitrogen and oxygen atoms in total. The largest absolute Gasteiger partial charge is 0.493 e. The van der Waals surface area contributed by atoms with E-state index in [1.807, 2.05) is 36.4 Å². The summed E-state index contributed by atoms with van der Waals surface area (Å²) in [7, 11) is 3.24. The summed E-state index contributed by atoms with van der Waals surface area (Å²) in [6, 6.07) is 15.9. The molecule has 0 saturated heterocycles. The fourth-order valence-corrected chi connectivity index (χ4v) is 2.54. The van der Waals surface area contributed by atoms with E-state index in [2.05, 4.69) is 19.1 Å². The van der Waals surface area contributed by atoms with Gasteiger partial charge in [-0.05, 0) is 24.1 Å². The highest BCUT2D eigenvalue weighted by atomic mass is 16.5. The van der Waals surface area contributed by atoms with Crippen molar-refractivity contribution in [2.24, 2.45) is 5.73 Å². The lowest BCUT2D eigenvalue weighted by atomic mass is 9.80. The van der Waals surface area contributed by atoms with Crippen molar-refractivity contribution >= 4 is 0 Å². The Hall–Kier alpha value is -2.20.